The lowest BCUT2D eigenvalue weighted by molar-refractivity contribution is -0.120. The maximum absolute atomic E-state index is 12.4. The second-order valence-corrected chi connectivity index (χ2v) is 6.69. The second-order valence-electron chi connectivity index (χ2n) is 6.69. The predicted octanol–water partition coefficient (Wildman–Crippen LogP) is 1.27. The third kappa shape index (κ3) is 4.25. The number of benzene rings is 3. The van der Waals surface area contributed by atoms with Crippen LogP contribution in [-0.2, 0) is 4.79 Å². The van der Waals surface area contributed by atoms with Gasteiger partial charge in [0, 0.05) is 10.9 Å². The number of nitrogens with one attached hydrogen (secondary N) is 4. The van der Waals surface area contributed by atoms with Crippen LogP contribution in [0.4, 0.5) is 0 Å². The Morgan fingerprint density at radius 1 is 0.806 bits per heavy atom. The molecule has 4 rings (SSSR count). The quantitative estimate of drug-likeness (QED) is 0.373. The minimum absolute atomic E-state index is 0.0456. The summed E-state index contributed by atoms with van der Waals surface area (Å²) in [5, 5.41) is 11.1. The number of H-pyrrole nitrogens is 1. The normalized spacial score (nSPS) is 10.6. The molecule has 4 N–H and O–H groups in total. The second kappa shape index (κ2) is 8.46. The highest BCUT2D eigenvalue weighted by Gasteiger charge is 2.15. The molecule has 0 aliphatic heterocycles. The van der Waals surface area contributed by atoms with Crippen LogP contribution in [0.2, 0.25) is 0 Å². The van der Waals surface area contributed by atoms with Crippen molar-refractivity contribution in [2.75, 3.05) is 6.54 Å². The minimum atomic E-state index is -0.707. The molecule has 0 aliphatic rings. The van der Waals surface area contributed by atoms with E-state index in [0.29, 0.717) is 16.3 Å². The topological polar surface area (TPSA) is 133 Å². The van der Waals surface area contributed by atoms with Crippen LogP contribution in [0.25, 0.3) is 21.5 Å². The third-order valence-corrected chi connectivity index (χ3v) is 4.65. The van der Waals surface area contributed by atoms with Crippen LogP contribution < -0.4 is 21.7 Å². The lowest BCUT2D eigenvalue weighted by Gasteiger charge is -2.09. The van der Waals surface area contributed by atoms with Crippen molar-refractivity contribution >= 4 is 39.3 Å². The molecular weight excluding hydrogens is 398 g/mol. The Morgan fingerprint density at radius 2 is 1.52 bits per heavy atom. The van der Waals surface area contributed by atoms with Gasteiger partial charge in [0.1, 0.15) is 0 Å². The van der Waals surface area contributed by atoms with E-state index in [1.807, 2.05) is 30.3 Å². The number of nitrogens with zero attached hydrogens (tertiary/aromatic N) is 1. The monoisotopic (exact) mass is 415 g/mol. The fourth-order valence-corrected chi connectivity index (χ4v) is 3.11. The number of hydrogen-bond donors (Lipinski definition) is 4. The Balaban J connectivity index is 1.35. The van der Waals surface area contributed by atoms with Crippen molar-refractivity contribution in [2.24, 2.45) is 0 Å². The van der Waals surface area contributed by atoms with Crippen LogP contribution in [0.3, 0.4) is 0 Å². The van der Waals surface area contributed by atoms with Crippen molar-refractivity contribution in [3.8, 4) is 0 Å². The molecule has 9 heteroatoms. The third-order valence-electron chi connectivity index (χ3n) is 4.65. The van der Waals surface area contributed by atoms with Gasteiger partial charge in [0.25, 0.3) is 23.3 Å². The maximum Gasteiger partial charge on any atom is 0.290 e. The molecule has 0 atom stereocenters. The largest absolute Gasteiger partial charge is 0.343 e. The Bertz CT molecular complexity index is 1380. The molecule has 3 amide bonds. The first kappa shape index (κ1) is 19.8. The molecule has 0 saturated heterocycles. The molecule has 9 nitrogen and oxygen atoms in total. The van der Waals surface area contributed by atoms with Crippen molar-refractivity contribution in [2.45, 2.75) is 0 Å². The number of fused-ring (bicyclic) bond motifs is 2. The zero-order valence-corrected chi connectivity index (χ0v) is 16.1. The Labute approximate surface area is 175 Å². The van der Waals surface area contributed by atoms with Gasteiger partial charge in [0.15, 0.2) is 5.69 Å². The van der Waals surface area contributed by atoms with E-state index in [0.717, 1.165) is 10.8 Å². The molecule has 1 heterocycles. The highest BCUT2D eigenvalue weighted by molar-refractivity contribution is 6.05. The average molecular weight is 415 g/mol. The summed E-state index contributed by atoms with van der Waals surface area (Å²) < 4.78 is 0. The van der Waals surface area contributed by atoms with Crippen LogP contribution in [0.15, 0.2) is 71.5 Å². The SMILES string of the molecule is O=C(CNC(=O)c1ccc2ccccc2c1)NNC(=O)c1n[nH]c(=O)c2ccccc12. The van der Waals surface area contributed by atoms with Gasteiger partial charge in [-0.05, 0) is 29.0 Å². The number of aromatic amines is 1. The average Bonchev–Trinajstić information content (AvgIpc) is 2.81. The summed E-state index contributed by atoms with van der Waals surface area (Å²) in [7, 11) is 0. The van der Waals surface area contributed by atoms with Crippen LogP contribution in [0.1, 0.15) is 20.8 Å². The van der Waals surface area contributed by atoms with E-state index in [1.54, 1.807) is 36.4 Å². The molecule has 31 heavy (non-hydrogen) atoms. The number of hydrogen-bond acceptors (Lipinski definition) is 5. The molecule has 0 spiro atoms. The molecule has 0 bridgehead atoms. The highest BCUT2D eigenvalue weighted by atomic mass is 16.2. The lowest BCUT2D eigenvalue weighted by Crippen LogP contribution is -2.46. The lowest BCUT2D eigenvalue weighted by atomic mass is 10.1. The maximum atomic E-state index is 12.4. The summed E-state index contributed by atoms with van der Waals surface area (Å²) in [6.07, 6.45) is 0. The van der Waals surface area contributed by atoms with Crippen molar-refractivity contribution in [3.05, 3.63) is 88.3 Å². The Hall–Kier alpha value is -4.53. The van der Waals surface area contributed by atoms with Gasteiger partial charge in [-0.15, -0.1) is 0 Å². The summed E-state index contributed by atoms with van der Waals surface area (Å²) in [5.74, 6) is -1.75. The standard InChI is InChI=1S/C22H17N5O4/c28-18(12-23-20(29)15-10-9-13-5-1-2-6-14(13)11-15)24-27-22(31)19-16-7-3-4-8-17(16)21(30)26-25-19/h1-11H,12H2,(H,23,29)(H,24,28)(H,26,30)(H,27,31). The Morgan fingerprint density at radius 3 is 2.32 bits per heavy atom. The van der Waals surface area contributed by atoms with E-state index in [9.17, 15) is 19.2 Å². The number of carbonyl (C=O) groups is 3. The first-order valence-corrected chi connectivity index (χ1v) is 9.36. The van der Waals surface area contributed by atoms with Gasteiger partial charge >= 0.3 is 0 Å². The molecule has 0 aliphatic carbocycles. The number of carbonyl (C=O) groups excluding carboxylic acids is 3. The molecule has 154 valence electrons. The van der Waals surface area contributed by atoms with Crippen molar-refractivity contribution in [3.63, 3.8) is 0 Å². The number of amides is 3. The highest BCUT2D eigenvalue weighted by Crippen LogP contribution is 2.15. The zero-order valence-electron chi connectivity index (χ0n) is 16.1. The van der Waals surface area contributed by atoms with E-state index in [2.05, 4.69) is 26.4 Å². The van der Waals surface area contributed by atoms with E-state index in [4.69, 9.17) is 0 Å². The Kier molecular flexibility index (Phi) is 5.39. The fourth-order valence-electron chi connectivity index (χ4n) is 3.11. The van der Waals surface area contributed by atoms with Gasteiger partial charge in [0.2, 0.25) is 0 Å². The fraction of sp³-hybridized carbons (Fsp3) is 0.0455. The van der Waals surface area contributed by atoms with E-state index >= 15 is 0 Å². The van der Waals surface area contributed by atoms with Gasteiger partial charge in [0.05, 0.1) is 11.9 Å². The predicted molar refractivity (Wildman–Crippen MR) is 114 cm³/mol. The molecule has 4 aromatic rings. The van der Waals surface area contributed by atoms with E-state index < -0.39 is 23.3 Å². The van der Waals surface area contributed by atoms with Crippen LogP contribution in [-0.4, -0.2) is 34.5 Å². The van der Waals surface area contributed by atoms with Gasteiger partial charge < -0.3 is 5.32 Å². The number of hydrazine groups is 1. The van der Waals surface area contributed by atoms with Crippen molar-refractivity contribution in [1.82, 2.24) is 26.4 Å². The summed E-state index contributed by atoms with van der Waals surface area (Å²) in [5.41, 5.74) is 4.38. The minimum Gasteiger partial charge on any atom is -0.343 e. The van der Waals surface area contributed by atoms with Crippen LogP contribution in [0.5, 0.6) is 0 Å². The first-order chi connectivity index (χ1) is 15.0. The molecular formula is C22H17N5O4. The smallest absolute Gasteiger partial charge is 0.290 e. The zero-order chi connectivity index (χ0) is 21.8. The summed E-state index contributed by atoms with van der Waals surface area (Å²) in [6, 6.07) is 19.3. The molecule has 3 aromatic carbocycles. The van der Waals surface area contributed by atoms with Gasteiger partial charge in [-0.3, -0.25) is 30.0 Å². The first-order valence-electron chi connectivity index (χ1n) is 9.36. The van der Waals surface area contributed by atoms with Gasteiger partial charge in [-0.25, -0.2) is 5.10 Å². The molecule has 1 aromatic heterocycles. The molecule has 0 unspecified atom stereocenters. The van der Waals surface area contributed by atoms with Crippen molar-refractivity contribution in [1.29, 1.82) is 0 Å². The summed E-state index contributed by atoms with van der Waals surface area (Å²) in [6.45, 7) is -0.342. The van der Waals surface area contributed by atoms with Crippen molar-refractivity contribution < 1.29 is 14.4 Å². The summed E-state index contributed by atoms with van der Waals surface area (Å²) in [4.78, 5) is 48.5. The van der Waals surface area contributed by atoms with Crippen LogP contribution in [0, 0.1) is 0 Å². The molecule has 0 radical (unpaired) electrons. The number of aromatic nitrogens is 2. The summed E-state index contributed by atoms with van der Waals surface area (Å²) >= 11 is 0. The molecule has 0 fully saturated rings. The van der Waals surface area contributed by atoms with Gasteiger partial charge in [-0.2, -0.15) is 5.10 Å². The number of rotatable bonds is 4. The van der Waals surface area contributed by atoms with E-state index in [1.165, 1.54) is 0 Å². The van der Waals surface area contributed by atoms with E-state index in [-0.39, 0.29) is 12.2 Å². The molecule has 0 saturated carbocycles. The van der Waals surface area contributed by atoms with Crippen LogP contribution >= 0.6 is 0 Å². The van der Waals surface area contributed by atoms with Gasteiger partial charge in [-0.1, -0.05) is 48.5 Å².